The minimum absolute atomic E-state index is 0.141. The van der Waals surface area contributed by atoms with Gasteiger partial charge in [0.2, 0.25) is 11.8 Å². The number of hydrogen-bond acceptors (Lipinski definition) is 5. The van der Waals surface area contributed by atoms with Gasteiger partial charge in [-0.25, -0.2) is 4.68 Å². The van der Waals surface area contributed by atoms with Crippen molar-refractivity contribution in [2.24, 2.45) is 0 Å². The highest BCUT2D eigenvalue weighted by atomic mass is 16.2. The Labute approximate surface area is 214 Å². The van der Waals surface area contributed by atoms with E-state index in [2.05, 4.69) is 27.0 Å². The molecule has 1 aromatic heterocycles. The summed E-state index contributed by atoms with van der Waals surface area (Å²) in [5.74, 6) is -0.420. The Kier molecular flexibility index (Phi) is 6.52. The lowest BCUT2D eigenvalue weighted by Crippen LogP contribution is -2.50. The first-order valence-corrected chi connectivity index (χ1v) is 12.1. The first-order chi connectivity index (χ1) is 18.0. The van der Waals surface area contributed by atoms with E-state index in [0.29, 0.717) is 11.3 Å². The van der Waals surface area contributed by atoms with Gasteiger partial charge in [-0.2, -0.15) is 5.26 Å². The number of carbonyl (C=O) groups is 2. The second-order valence-corrected chi connectivity index (χ2v) is 9.18. The molecule has 184 valence electrons. The van der Waals surface area contributed by atoms with Crippen LogP contribution in [-0.4, -0.2) is 39.9 Å². The molecule has 1 aliphatic carbocycles. The first kappa shape index (κ1) is 23.9. The Balaban J connectivity index is 1.29. The molecule has 1 heterocycles. The maximum Gasteiger partial charge on any atom is 0.242 e. The summed E-state index contributed by atoms with van der Waals surface area (Å²) in [7, 11) is 1.55. The second kappa shape index (κ2) is 10.1. The predicted octanol–water partition coefficient (Wildman–Crippen LogP) is 3.31. The van der Waals surface area contributed by atoms with Gasteiger partial charge in [0.25, 0.3) is 0 Å². The van der Waals surface area contributed by atoms with Gasteiger partial charge in [0.1, 0.15) is 6.04 Å². The van der Waals surface area contributed by atoms with Crippen LogP contribution in [0.4, 0.5) is 0 Å². The Bertz CT molecular complexity index is 1450. The maximum absolute atomic E-state index is 13.2. The summed E-state index contributed by atoms with van der Waals surface area (Å²) in [6, 6.07) is 26.3. The fourth-order valence-electron chi connectivity index (χ4n) is 4.48. The molecule has 37 heavy (non-hydrogen) atoms. The fourth-order valence-corrected chi connectivity index (χ4v) is 4.48. The maximum atomic E-state index is 13.2. The minimum atomic E-state index is -0.761. The summed E-state index contributed by atoms with van der Waals surface area (Å²) in [6.07, 6.45) is 3.51. The number of nitriles is 1. The second-order valence-electron chi connectivity index (χ2n) is 9.18. The topological polar surface area (TPSA) is 113 Å². The Morgan fingerprint density at radius 2 is 1.65 bits per heavy atom. The van der Waals surface area contributed by atoms with Crippen LogP contribution in [-0.2, 0) is 21.4 Å². The number of carbonyl (C=O) groups excluding carboxylic acids is 2. The number of rotatable bonds is 8. The molecule has 0 radical (unpaired) electrons. The first-order valence-electron chi connectivity index (χ1n) is 12.1. The highest BCUT2D eigenvalue weighted by Gasteiger charge is 2.51. The van der Waals surface area contributed by atoms with Crippen LogP contribution < -0.4 is 10.6 Å². The van der Waals surface area contributed by atoms with Crippen LogP contribution in [0.3, 0.4) is 0 Å². The van der Waals surface area contributed by atoms with E-state index in [1.807, 2.05) is 66.7 Å². The van der Waals surface area contributed by atoms with Gasteiger partial charge in [0.05, 0.1) is 34.6 Å². The quantitative estimate of drug-likeness (QED) is 0.394. The van der Waals surface area contributed by atoms with Gasteiger partial charge in [0.15, 0.2) is 0 Å². The van der Waals surface area contributed by atoms with Crippen LogP contribution >= 0.6 is 0 Å². The monoisotopic (exact) mass is 490 g/mol. The molecule has 3 aromatic carbocycles. The molecule has 0 spiro atoms. The largest absolute Gasteiger partial charge is 0.357 e. The molecule has 0 unspecified atom stereocenters. The molecule has 0 bridgehead atoms. The van der Waals surface area contributed by atoms with Crippen molar-refractivity contribution in [1.29, 1.82) is 5.26 Å². The van der Waals surface area contributed by atoms with Gasteiger partial charge < -0.3 is 10.6 Å². The zero-order chi connectivity index (χ0) is 25.8. The summed E-state index contributed by atoms with van der Waals surface area (Å²) < 4.78 is 1.65. The molecular weight excluding hydrogens is 464 g/mol. The van der Waals surface area contributed by atoms with E-state index in [1.165, 1.54) is 0 Å². The lowest BCUT2D eigenvalue weighted by atomic mass is 9.94. The molecular formula is C29H26N6O2. The summed E-state index contributed by atoms with van der Waals surface area (Å²) in [5, 5.41) is 23.0. The van der Waals surface area contributed by atoms with Crippen molar-refractivity contribution in [2.45, 2.75) is 30.7 Å². The number of nitrogens with one attached hydrogen (secondary N) is 2. The van der Waals surface area contributed by atoms with Gasteiger partial charge in [-0.05, 0) is 53.8 Å². The van der Waals surface area contributed by atoms with Gasteiger partial charge >= 0.3 is 0 Å². The average molecular weight is 491 g/mol. The van der Waals surface area contributed by atoms with Crippen LogP contribution in [0.2, 0.25) is 0 Å². The molecule has 5 rings (SSSR count). The Hall–Kier alpha value is -4.77. The molecule has 1 atom stereocenters. The zero-order valence-electron chi connectivity index (χ0n) is 20.4. The van der Waals surface area contributed by atoms with E-state index in [9.17, 15) is 9.59 Å². The Morgan fingerprint density at radius 1 is 1.00 bits per heavy atom. The molecule has 0 aliphatic heterocycles. The minimum Gasteiger partial charge on any atom is -0.357 e. The van der Waals surface area contributed by atoms with Gasteiger partial charge in [-0.15, -0.1) is 5.10 Å². The smallest absolute Gasteiger partial charge is 0.242 e. The van der Waals surface area contributed by atoms with Crippen molar-refractivity contribution in [1.82, 2.24) is 25.6 Å². The van der Waals surface area contributed by atoms with Crippen molar-refractivity contribution in [3.63, 3.8) is 0 Å². The number of hydrogen-bond donors (Lipinski definition) is 2. The summed E-state index contributed by atoms with van der Waals surface area (Å²) in [5.41, 5.74) is 4.46. The standard InChI is InChI=1S/C29H26N6O2/c1-31-27(36)26(32-28(37)29(15-16-29)23-5-3-2-4-6-23)17-24-19-35(34-33-24)25-13-11-22(12-14-25)21-9-7-20(18-30)8-10-21/h2-14,19,26H,15-17H2,1H3,(H,31,36)(H,32,37)/t26-/m0/s1. The van der Waals surface area contributed by atoms with E-state index < -0.39 is 11.5 Å². The summed E-state index contributed by atoms with van der Waals surface area (Å²) in [6.45, 7) is 0. The van der Waals surface area contributed by atoms with E-state index in [1.54, 1.807) is 30.1 Å². The van der Waals surface area contributed by atoms with E-state index in [4.69, 9.17) is 5.26 Å². The van der Waals surface area contributed by atoms with Gasteiger partial charge in [0, 0.05) is 13.5 Å². The molecule has 8 heteroatoms. The van der Waals surface area contributed by atoms with Crippen LogP contribution in [0.25, 0.3) is 16.8 Å². The molecule has 1 fully saturated rings. The van der Waals surface area contributed by atoms with Crippen LogP contribution in [0.5, 0.6) is 0 Å². The van der Waals surface area contributed by atoms with Crippen LogP contribution in [0.15, 0.2) is 85.1 Å². The average Bonchev–Trinajstić information content (AvgIpc) is 3.65. The SMILES string of the molecule is CNC(=O)[C@H](Cc1cn(-c2ccc(-c3ccc(C#N)cc3)cc2)nn1)NC(=O)C1(c2ccccc2)CC1. The van der Waals surface area contributed by atoms with Gasteiger partial charge in [-0.3, -0.25) is 9.59 Å². The predicted molar refractivity (Wildman–Crippen MR) is 139 cm³/mol. The third-order valence-corrected chi connectivity index (χ3v) is 6.81. The zero-order valence-corrected chi connectivity index (χ0v) is 20.4. The van der Waals surface area contributed by atoms with E-state index in [0.717, 1.165) is 35.2 Å². The number of nitrogens with zero attached hydrogens (tertiary/aromatic N) is 4. The highest BCUT2D eigenvalue weighted by Crippen LogP contribution is 2.48. The molecule has 2 amide bonds. The third kappa shape index (κ3) is 4.98. The molecule has 1 aliphatic rings. The normalized spacial score (nSPS) is 14.3. The number of aromatic nitrogens is 3. The van der Waals surface area contributed by atoms with E-state index in [-0.39, 0.29) is 18.2 Å². The lowest BCUT2D eigenvalue weighted by molar-refractivity contribution is -0.130. The summed E-state index contributed by atoms with van der Waals surface area (Å²) >= 11 is 0. The van der Waals surface area contributed by atoms with Crippen molar-refractivity contribution in [3.05, 3.63) is 102 Å². The van der Waals surface area contributed by atoms with Crippen molar-refractivity contribution in [2.75, 3.05) is 7.05 Å². The summed E-state index contributed by atoms with van der Waals surface area (Å²) in [4.78, 5) is 25.8. The number of amides is 2. The number of likely N-dealkylation sites (N-methyl/N-ethyl adjacent to an activating group) is 1. The van der Waals surface area contributed by atoms with Crippen molar-refractivity contribution < 1.29 is 9.59 Å². The highest BCUT2D eigenvalue weighted by molar-refractivity contribution is 5.95. The molecule has 0 saturated heterocycles. The molecule has 4 aromatic rings. The van der Waals surface area contributed by atoms with Crippen LogP contribution in [0, 0.1) is 11.3 Å². The number of benzene rings is 3. The molecule has 2 N–H and O–H groups in total. The lowest BCUT2D eigenvalue weighted by Gasteiger charge is -2.21. The molecule has 8 nitrogen and oxygen atoms in total. The van der Waals surface area contributed by atoms with E-state index >= 15 is 0 Å². The molecule has 1 saturated carbocycles. The third-order valence-electron chi connectivity index (χ3n) is 6.81. The fraction of sp³-hybridized carbons (Fsp3) is 0.207. The van der Waals surface area contributed by atoms with Gasteiger partial charge in [-0.1, -0.05) is 59.8 Å². The van der Waals surface area contributed by atoms with Crippen molar-refractivity contribution in [3.8, 4) is 22.9 Å². The van der Waals surface area contributed by atoms with Crippen LogP contribution in [0.1, 0.15) is 29.7 Å². The Morgan fingerprint density at radius 3 is 2.24 bits per heavy atom. The van der Waals surface area contributed by atoms with Crippen molar-refractivity contribution >= 4 is 11.8 Å².